The number of aryl methyl sites for hydroxylation is 2. The molecule has 3 aromatic rings. The molecule has 0 saturated carbocycles. The highest BCUT2D eigenvalue weighted by atomic mass is 32.2. The quantitative estimate of drug-likeness (QED) is 0.604. The molecule has 7 heteroatoms. The maximum Gasteiger partial charge on any atom is 0.262 e. The average Bonchev–Trinajstić information content (AvgIpc) is 3.06. The zero-order valence-electron chi connectivity index (χ0n) is 16.5. The number of nitrogens with one attached hydrogen (secondary N) is 1. The van der Waals surface area contributed by atoms with E-state index in [-0.39, 0.29) is 16.7 Å². The van der Waals surface area contributed by atoms with Gasteiger partial charge in [-0.1, -0.05) is 55.4 Å². The molecule has 152 valence electrons. The predicted octanol–water partition coefficient (Wildman–Crippen LogP) is 4.02. The molecule has 1 aromatic carbocycles. The minimum absolute atomic E-state index is 0.00147. The average molecular weight is 428 g/mol. The van der Waals surface area contributed by atoms with E-state index in [1.807, 2.05) is 24.3 Å². The summed E-state index contributed by atoms with van der Waals surface area (Å²) >= 11 is 3.02. The molecule has 2 aromatic heterocycles. The number of aromatic nitrogens is 2. The number of thiophene rings is 1. The number of hydrogen-bond donors (Lipinski definition) is 1. The Labute approximate surface area is 178 Å². The standard InChI is InChI=1S/C22H25N3O2S2/c1-2-16-14-17-20(28-16)24-22(29-18-10-6-7-12-23-19(18)26)25(21(17)27)13-11-15-8-4-3-5-9-15/h3-5,8-9,14,18H,2,6-7,10-13H2,1H3,(H,23,26). The van der Waals surface area contributed by atoms with Gasteiger partial charge in [0, 0.05) is 18.0 Å². The van der Waals surface area contributed by atoms with Crippen molar-refractivity contribution in [3.05, 3.63) is 57.2 Å². The second kappa shape index (κ2) is 9.13. The van der Waals surface area contributed by atoms with Crippen molar-refractivity contribution in [3.63, 3.8) is 0 Å². The first-order valence-electron chi connectivity index (χ1n) is 10.2. The Kier molecular flexibility index (Phi) is 6.35. The molecule has 0 bridgehead atoms. The molecular formula is C22H25N3O2S2. The fraction of sp³-hybridized carbons (Fsp3) is 0.409. The van der Waals surface area contributed by atoms with Gasteiger partial charge in [-0.25, -0.2) is 4.98 Å². The molecule has 1 fully saturated rings. The van der Waals surface area contributed by atoms with E-state index in [9.17, 15) is 9.59 Å². The highest BCUT2D eigenvalue weighted by Gasteiger charge is 2.25. The van der Waals surface area contributed by atoms with Crippen molar-refractivity contribution in [1.29, 1.82) is 0 Å². The monoisotopic (exact) mass is 427 g/mol. The molecule has 29 heavy (non-hydrogen) atoms. The SMILES string of the molecule is CCc1cc2c(=O)n(CCc3ccccc3)c(SC3CCCCNC3=O)nc2s1. The maximum absolute atomic E-state index is 13.3. The van der Waals surface area contributed by atoms with E-state index in [1.165, 1.54) is 17.3 Å². The summed E-state index contributed by atoms with van der Waals surface area (Å²) in [7, 11) is 0. The van der Waals surface area contributed by atoms with E-state index >= 15 is 0 Å². The van der Waals surface area contributed by atoms with E-state index in [0.29, 0.717) is 17.1 Å². The number of thioether (sulfide) groups is 1. The van der Waals surface area contributed by atoms with Gasteiger partial charge >= 0.3 is 0 Å². The maximum atomic E-state index is 13.3. The lowest BCUT2D eigenvalue weighted by Crippen LogP contribution is -2.32. The Morgan fingerprint density at radius 3 is 2.86 bits per heavy atom. The minimum Gasteiger partial charge on any atom is -0.355 e. The van der Waals surface area contributed by atoms with Crippen molar-refractivity contribution in [2.75, 3.05) is 6.54 Å². The van der Waals surface area contributed by atoms with E-state index < -0.39 is 0 Å². The zero-order valence-corrected chi connectivity index (χ0v) is 18.2. The van der Waals surface area contributed by atoms with Crippen LogP contribution in [0.2, 0.25) is 0 Å². The van der Waals surface area contributed by atoms with Crippen molar-refractivity contribution in [2.45, 2.75) is 56.0 Å². The second-order valence-corrected chi connectivity index (χ2v) is 9.55. The molecule has 4 rings (SSSR count). The molecule has 1 N–H and O–H groups in total. The first kappa shape index (κ1) is 20.2. The van der Waals surface area contributed by atoms with Crippen LogP contribution in [0, 0.1) is 0 Å². The second-order valence-electron chi connectivity index (χ2n) is 7.27. The number of hydrogen-bond acceptors (Lipinski definition) is 5. The van der Waals surface area contributed by atoms with Gasteiger partial charge in [-0.05, 0) is 37.3 Å². The van der Waals surface area contributed by atoms with Crippen LogP contribution in [0.3, 0.4) is 0 Å². The molecule has 1 saturated heterocycles. The molecular weight excluding hydrogens is 402 g/mol. The number of carbonyl (C=O) groups excluding carboxylic acids is 1. The van der Waals surface area contributed by atoms with Crippen LogP contribution in [-0.4, -0.2) is 27.3 Å². The van der Waals surface area contributed by atoms with Crippen LogP contribution in [0.4, 0.5) is 0 Å². The number of carbonyl (C=O) groups is 1. The summed E-state index contributed by atoms with van der Waals surface area (Å²) in [5.74, 6) is 0.0527. The summed E-state index contributed by atoms with van der Waals surface area (Å²) < 4.78 is 1.77. The van der Waals surface area contributed by atoms with Gasteiger partial charge < -0.3 is 5.32 Å². The Morgan fingerprint density at radius 1 is 1.24 bits per heavy atom. The van der Waals surface area contributed by atoms with E-state index in [2.05, 4.69) is 24.4 Å². The fourth-order valence-electron chi connectivity index (χ4n) is 3.54. The van der Waals surface area contributed by atoms with Crippen molar-refractivity contribution in [3.8, 4) is 0 Å². The van der Waals surface area contributed by atoms with Gasteiger partial charge in [0.05, 0.1) is 10.6 Å². The lowest BCUT2D eigenvalue weighted by atomic mass is 10.1. The molecule has 1 unspecified atom stereocenters. The normalized spacial score (nSPS) is 17.3. The van der Waals surface area contributed by atoms with Crippen molar-refractivity contribution in [1.82, 2.24) is 14.9 Å². The first-order chi connectivity index (χ1) is 14.2. The highest BCUT2D eigenvalue weighted by molar-refractivity contribution is 8.00. The summed E-state index contributed by atoms with van der Waals surface area (Å²) in [6.07, 6.45) is 4.46. The number of rotatable bonds is 6. The van der Waals surface area contributed by atoms with Crippen LogP contribution in [-0.2, 0) is 24.2 Å². The minimum atomic E-state index is -0.199. The van der Waals surface area contributed by atoms with E-state index in [1.54, 1.807) is 15.9 Å². The van der Waals surface area contributed by atoms with Crippen LogP contribution in [0.1, 0.15) is 36.6 Å². The smallest absolute Gasteiger partial charge is 0.262 e. The molecule has 0 radical (unpaired) electrons. The van der Waals surface area contributed by atoms with E-state index in [4.69, 9.17) is 4.98 Å². The largest absolute Gasteiger partial charge is 0.355 e. The third-order valence-electron chi connectivity index (χ3n) is 5.21. The molecule has 3 heterocycles. The van der Waals surface area contributed by atoms with Gasteiger partial charge in [0.2, 0.25) is 5.91 Å². The predicted molar refractivity (Wildman–Crippen MR) is 120 cm³/mol. The molecule has 1 aliphatic heterocycles. The molecule has 5 nitrogen and oxygen atoms in total. The lowest BCUT2D eigenvalue weighted by molar-refractivity contribution is -0.120. The van der Waals surface area contributed by atoms with Gasteiger partial charge in [0.25, 0.3) is 5.56 Å². The Morgan fingerprint density at radius 2 is 2.07 bits per heavy atom. The molecule has 0 aliphatic carbocycles. The summed E-state index contributed by atoms with van der Waals surface area (Å²) in [6, 6.07) is 12.1. The van der Waals surface area contributed by atoms with Gasteiger partial charge in [0.1, 0.15) is 4.83 Å². The third kappa shape index (κ3) is 4.56. The number of fused-ring (bicyclic) bond motifs is 1. The zero-order chi connectivity index (χ0) is 20.2. The van der Waals surface area contributed by atoms with Gasteiger partial charge in [-0.15, -0.1) is 11.3 Å². The van der Waals surface area contributed by atoms with Crippen LogP contribution in [0.25, 0.3) is 10.2 Å². The summed E-state index contributed by atoms with van der Waals surface area (Å²) in [5, 5.41) is 4.13. The molecule has 1 aliphatic rings. The first-order valence-corrected chi connectivity index (χ1v) is 11.9. The van der Waals surface area contributed by atoms with Crippen LogP contribution >= 0.6 is 23.1 Å². The fourth-order valence-corrected chi connectivity index (χ4v) is 5.74. The molecule has 1 atom stereocenters. The Balaban J connectivity index is 1.71. The summed E-state index contributed by atoms with van der Waals surface area (Å²) in [4.78, 5) is 32.5. The lowest BCUT2D eigenvalue weighted by Gasteiger charge is -2.16. The van der Waals surface area contributed by atoms with Crippen molar-refractivity contribution < 1.29 is 4.79 Å². The summed E-state index contributed by atoms with van der Waals surface area (Å²) in [6.45, 7) is 3.37. The topological polar surface area (TPSA) is 64.0 Å². The Bertz CT molecular complexity index is 1060. The highest BCUT2D eigenvalue weighted by Crippen LogP contribution is 2.30. The number of amides is 1. The van der Waals surface area contributed by atoms with Gasteiger partial charge in [-0.3, -0.25) is 14.2 Å². The van der Waals surface area contributed by atoms with Crippen molar-refractivity contribution >= 4 is 39.2 Å². The molecule has 0 spiro atoms. The van der Waals surface area contributed by atoms with Crippen LogP contribution in [0.5, 0.6) is 0 Å². The van der Waals surface area contributed by atoms with E-state index in [0.717, 1.165) is 48.4 Å². The van der Waals surface area contributed by atoms with Crippen molar-refractivity contribution in [2.24, 2.45) is 0 Å². The molecule has 1 amide bonds. The number of nitrogens with zero attached hydrogens (tertiary/aromatic N) is 2. The number of benzene rings is 1. The van der Waals surface area contributed by atoms with Gasteiger partial charge in [-0.2, -0.15) is 0 Å². The summed E-state index contributed by atoms with van der Waals surface area (Å²) in [5.41, 5.74) is 1.18. The third-order valence-corrected chi connectivity index (χ3v) is 7.65. The van der Waals surface area contributed by atoms with Crippen LogP contribution in [0.15, 0.2) is 46.3 Å². The Hall–Kier alpha value is -2.12. The van der Waals surface area contributed by atoms with Crippen LogP contribution < -0.4 is 10.9 Å². The van der Waals surface area contributed by atoms with Gasteiger partial charge in [0.15, 0.2) is 5.16 Å².